The Hall–Kier alpha value is -2.29. The second kappa shape index (κ2) is 6.24. The largest absolute Gasteiger partial charge is 0.435 e. The van der Waals surface area contributed by atoms with E-state index in [4.69, 9.17) is 0 Å². The molecule has 0 aliphatic carbocycles. The van der Waals surface area contributed by atoms with Gasteiger partial charge < -0.3 is 15.4 Å². The minimum atomic E-state index is -2.88. The summed E-state index contributed by atoms with van der Waals surface area (Å²) in [4.78, 5) is 11.8. The topological polar surface area (TPSA) is 76.1 Å². The van der Waals surface area contributed by atoms with Gasteiger partial charge in [0.15, 0.2) is 0 Å². The molecule has 0 radical (unpaired) electrons. The average Bonchev–Trinajstić information content (AvgIpc) is 2.89. The summed E-state index contributed by atoms with van der Waals surface area (Å²) < 4.78 is 28.2. The number of carbonyl (C=O) groups is 1. The van der Waals surface area contributed by atoms with Gasteiger partial charge in [-0.3, -0.25) is 4.79 Å². The molecule has 0 spiro atoms. The van der Waals surface area contributed by atoms with Gasteiger partial charge >= 0.3 is 6.61 Å². The quantitative estimate of drug-likeness (QED) is 0.887. The Balaban J connectivity index is 2.00. The summed E-state index contributed by atoms with van der Waals surface area (Å²) in [5.74, 6) is -0.405. The molecule has 106 valence electrons. The summed E-state index contributed by atoms with van der Waals surface area (Å²) in [6.45, 7) is -2.88. The molecule has 9 heteroatoms. The first-order valence-corrected chi connectivity index (χ1v) is 6.27. The van der Waals surface area contributed by atoms with Crippen LogP contribution >= 0.6 is 11.3 Å². The van der Waals surface area contributed by atoms with Gasteiger partial charge in [-0.1, -0.05) is 11.3 Å². The van der Waals surface area contributed by atoms with Crippen molar-refractivity contribution in [1.29, 1.82) is 0 Å². The molecule has 0 saturated carbocycles. The van der Waals surface area contributed by atoms with E-state index in [1.807, 2.05) is 0 Å². The van der Waals surface area contributed by atoms with Crippen LogP contribution in [0.4, 0.5) is 19.6 Å². The van der Waals surface area contributed by atoms with Crippen molar-refractivity contribution >= 4 is 28.1 Å². The average molecular weight is 300 g/mol. The summed E-state index contributed by atoms with van der Waals surface area (Å²) in [5, 5.41) is 13.5. The van der Waals surface area contributed by atoms with Crippen LogP contribution in [0.5, 0.6) is 5.75 Å². The summed E-state index contributed by atoms with van der Waals surface area (Å²) in [5.41, 5.74) is 0.442. The van der Waals surface area contributed by atoms with E-state index in [-0.39, 0.29) is 10.8 Å². The summed E-state index contributed by atoms with van der Waals surface area (Å²) >= 11 is 1.10. The third-order valence-corrected chi connectivity index (χ3v) is 3.11. The Morgan fingerprint density at radius 2 is 2.00 bits per heavy atom. The maximum absolute atomic E-state index is 12.0. The molecule has 2 aromatic rings. The molecular formula is C11H10F2N4O2S. The Labute approximate surface area is 116 Å². The molecule has 2 N–H and O–H groups in total. The Bertz CT molecular complexity index is 588. The smallest absolute Gasteiger partial charge is 0.387 e. The van der Waals surface area contributed by atoms with Gasteiger partial charge in [-0.25, -0.2) is 0 Å². The van der Waals surface area contributed by atoms with Crippen molar-refractivity contribution < 1.29 is 18.3 Å². The van der Waals surface area contributed by atoms with Crippen LogP contribution in [0.15, 0.2) is 24.3 Å². The van der Waals surface area contributed by atoms with Crippen LogP contribution in [0.25, 0.3) is 0 Å². The predicted molar refractivity (Wildman–Crippen MR) is 70.5 cm³/mol. The summed E-state index contributed by atoms with van der Waals surface area (Å²) in [6.07, 6.45) is 0. The lowest BCUT2D eigenvalue weighted by atomic mass is 10.3. The van der Waals surface area contributed by atoms with Crippen molar-refractivity contribution in [3.63, 3.8) is 0 Å². The molecule has 0 atom stereocenters. The van der Waals surface area contributed by atoms with Gasteiger partial charge in [0.1, 0.15) is 5.75 Å². The van der Waals surface area contributed by atoms with E-state index < -0.39 is 12.5 Å². The molecule has 0 aliphatic heterocycles. The number of aromatic nitrogens is 2. The standard InChI is InChI=1S/C11H10F2N4O2S/c1-14-11-17-16-9(20-11)8(18)15-6-2-4-7(5-3-6)19-10(12)13/h2-5,10H,1H3,(H,14,17)(H,15,18). The van der Waals surface area contributed by atoms with Crippen LogP contribution in [0.3, 0.4) is 0 Å². The molecule has 0 bridgehead atoms. The third kappa shape index (κ3) is 3.60. The molecule has 20 heavy (non-hydrogen) atoms. The van der Waals surface area contributed by atoms with Crippen molar-refractivity contribution in [3.05, 3.63) is 29.3 Å². The maximum Gasteiger partial charge on any atom is 0.387 e. The first-order chi connectivity index (χ1) is 9.58. The van der Waals surface area contributed by atoms with Crippen LogP contribution in [-0.4, -0.2) is 29.8 Å². The number of carbonyl (C=O) groups excluding carboxylic acids is 1. The lowest BCUT2D eigenvalue weighted by Crippen LogP contribution is -2.11. The molecule has 1 amide bonds. The van der Waals surface area contributed by atoms with Crippen molar-refractivity contribution in [2.75, 3.05) is 17.7 Å². The van der Waals surface area contributed by atoms with Crippen LogP contribution < -0.4 is 15.4 Å². The maximum atomic E-state index is 12.0. The highest BCUT2D eigenvalue weighted by molar-refractivity contribution is 7.17. The van der Waals surface area contributed by atoms with Crippen molar-refractivity contribution in [2.45, 2.75) is 6.61 Å². The highest BCUT2D eigenvalue weighted by Gasteiger charge is 2.12. The number of halogens is 2. The fourth-order valence-electron chi connectivity index (χ4n) is 1.32. The molecule has 1 aromatic heterocycles. The molecule has 6 nitrogen and oxygen atoms in total. The van der Waals surface area contributed by atoms with Crippen LogP contribution in [0.2, 0.25) is 0 Å². The molecule has 2 rings (SSSR count). The molecule has 0 unspecified atom stereocenters. The summed E-state index contributed by atoms with van der Waals surface area (Å²) in [6, 6.07) is 5.58. The Morgan fingerprint density at radius 1 is 1.30 bits per heavy atom. The van der Waals surface area contributed by atoms with Gasteiger partial charge in [0.2, 0.25) is 10.1 Å². The van der Waals surface area contributed by atoms with Gasteiger partial charge in [-0.15, -0.1) is 10.2 Å². The van der Waals surface area contributed by atoms with E-state index in [0.717, 1.165) is 11.3 Å². The first kappa shape index (κ1) is 14.1. The zero-order valence-electron chi connectivity index (χ0n) is 10.3. The number of nitrogens with one attached hydrogen (secondary N) is 2. The number of benzene rings is 1. The van der Waals surface area contributed by atoms with Gasteiger partial charge in [0.25, 0.3) is 5.91 Å². The normalized spacial score (nSPS) is 10.4. The zero-order valence-corrected chi connectivity index (χ0v) is 11.1. The van der Waals surface area contributed by atoms with E-state index in [0.29, 0.717) is 10.8 Å². The number of amides is 1. The number of rotatable bonds is 5. The minimum absolute atomic E-state index is 0.0198. The van der Waals surface area contributed by atoms with Crippen LogP contribution in [0, 0.1) is 0 Å². The highest BCUT2D eigenvalue weighted by Crippen LogP contribution is 2.19. The second-order valence-corrected chi connectivity index (χ2v) is 4.50. The number of nitrogens with zero attached hydrogens (tertiary/aromatic N) is 2. The molecule has 0 saturated heterocycles. The lowest BCUT2D eigenvalue weighted by molar-refractivity contribution is -0.0498. The Morgan fingerprint density at radius 3 is 2.55 bits per heavy atom. The van der Waals surface area contributed by atoms with Crippen molar-refractivity contribution in [2.24, 2.45) is 0 Å². The van der Waals surface area contributed by atoms with Gasteiger partial charge in [-0.2, -0.15) is 8.78 Å². The predicted octanol–water partition coefficient (Wildman–Crippen LogP) is 2.43. The van der Waals surface area contributed by atoms with E-state index in [9.17, 15) is 13.6 Å². The van der Waals surface area contributed by atoms with Gasteiger partial charge in [0, 0.05) is 12.7 Å². The molecule has 1 heterocycles. The van der Waals surface area contributed by atoms with E-state index in [1.54, 1.807) is 7.05 Å². The number of hydrogen-bond donors (Lipinski definition) is 2. The Kier molecular flexibility index (Phi) is 4.41. The van der Waals surface area contributed by atoms with Crippen LogP contribution in [-0.2, 0) is 0 Å². The molecule has 0 fully saturated rings. The van der Waals surface area contributed by atoms with Crippen molar-refractivity contribution in [1.82, 2.24) is 10.2 Å². The zero-order chi connectivity index (χ0) is 14.5. The fourth-order valence-corrected chi connectivity index (χ4v) is 1.91. The monoisotopic (exact) mass is 300 g/mol. The van der Waals surface area contributed by atoms with Crippen LogP contribution in [0.1, 0.15) is 9.80 Å². The van der Waals surface area contributed by atoms with E-state index in [1.165, 1.54) is 24.3 Å². The number of anilines is 2. The lowest BCUT2D eigenvalue weighted by Gasteiger charge is -2.06. The van der Waals surface area contributed by atoms with Crippen molar-refractivity contribution in [3.8, 4) is 5.75 Å². The van der Waals surface area contributed by atoms with Gasteiger partial charge in [-0.05, 0) is 24.3 Å². The SMILES string of the molecule is CNc1nnc(C(=O)Nc2ccc(OC(F)F)cc2)s1. The molecular weight excluding hydrogens is 290 g/mol. The second-order valence-electron chi connectivity index (χ2n) is 3.52. The molecule has 1 aromatic carbocycles. The fraction of sp³-hybridized carbons (Fsp3) is 0.182. The third-order valence-electron chi connectivity index (χ3n) is 2.17. The molecule has 0 aliphatic rings. The highest BCUT2D eigenvalue weighted by atomic mass is 32.1. The minimum Gasteiger partial charge on any atom is -0.435 e. The van der Waals surface area contributed by atoms with Gasteiger partial charge in [0.05, 0.1) is 0 Å². The number of alkyl halides is 2. The van der Waals surface area contributed by atoms with E-state index in [2.05, 4.69) is 25.6 Å². The number of hydrogen-bond acceptors (Lipinski definition) is 6. The van der Waals surface area contributed by atoms with E-state index >= 15 is 0 Å². The summed E-state index contributed by atoms with van der Waals surface area (Å²) in [7, 11) is 1.67. The first-order valence-electron chi connectivity index (χ1n) is 5.46. The number of ether oxygens (including phenoxy) is 1.